The Balaban J connectivity index is 1.71. The fourth-order valence-corrected chi connectivity index (χ4v) is 2.66. The van der Waals surface area contributed by atoms with Gasteiger partial charge in [-0.15, -0.1) is 0 Å². The largest absolute Gasteiger partial charge is 0.381 e. The summed E-state index contributed by atoms with van der Waals surface area (Å²) in [6, 6.07) is 9.22. The van der Waals surface area contributed by atoms with Crippen LogP contribution in [-0.4, -0.2) is 42.2 Å². The molecule has 2 N–H and O–H groups in total. The van der Waals surface area contributed by atoms with Crippen molar-refractivity contribution in [2.75, 3.05) is 31.6 Å². The zero-order valence-electron chi connectivity index (χ0n) is 13.8. The van der Waals surface area contributed by atoms with Gasteiger partial charge in [0.25, 0.3) is 5.91 Å². The Hall–Kier alpha value is -2.47. The molecule has 1 aliphatic rings. The van der Waals surface area contributed by atoms with Gasteiger partial charge in [0.2, 0.25) is 0 Å². The van der Waals surface area contributed by atoms with Crippen molar-refractivity contribution in [3.8, 4) is 11.4 Å². The summed E-state index contributed by atoms with van der Waals surface area (Å²) in [5, 5.41) is 6.14. The molecule has 1 aliphatic heterocycles. The summed E-state index contributed by atoms with van der Waals surface area (Å²) in [4.78, 5) is 21.1. The lowest BCUT2D eigenvalue weighted by atomic mass is 10.1. The molecule has 3 rings (SSSR count). The van der Waals surface area contributed by atoms with Crippen molar-refractivity contribution in [1.82, 2.24) is 15.3 Å². The van der Waals surface area contributed by atoms with Gasteiger partial charge in [0, 0.05) is 42.9 Å². The lowest BCUT2D eigenvalue weighted by Gasteiger charge is -2.10. The molecule has 0 spiro atoms. The van der Waals surface area contributed by atoms with Crippen molar-refractivity contribution in [1.29, 1.82) is 0 Å². The summed E-state index contributed by atoms with van der Waals surface area (Å²) in [7, 11) is 0. The van der Waals surface area contributed by atoms with E-state index in [1.807, 2.05) is 31.2 Å². The average molecular weight is 326 g/mol. The van der Waals surface area contributed by atoms with E-state index < -0.39 is 0 Å². The molecule has 1 saturated heterocycles. The summed E-state index contributed by atoms with van der Waals surface area (Å²) < 4.78 is 5.33. The normalized spacial score (nSPS) is 16.8. The second kappa shape index (κ2) is 7.88. The Morgan fingerprint density at radius 2 is 2.29 bits per heavy atom. The number of aromatic nitrogens is 2. The highest BCUT2D eigenvalue weighted by Gasteiger charge is 2.17. The maximum absolute atomic E-state index is 12.3. The Bertz CT molecular complexity index is 699. The van der Waals surface area contributed by atoms with Crippen LogP contribution in [0.3, 0.4) is 0 Å². The first-order chi connectivity index (χ1) is 11.8. The number of carbonyl (C=O) groups is 1. The van der Waals surface area contributed by atoms with Gasteiger partial charge in [0.1, 0.15) is 5.82 Å². The minimum Gasteiger partial charge on any atom is -0.381 e. The zero-order chi connectivity index (χ0) is 16.8. The minimum atomic E-state index is -0.0772. The van der Waals surface area contributed by atoms with E-state index in [0.29, 0.717) is 23.9 Å². The van der Waals surface area contributed by atoms with Gasteiger partial charge in [-0.3, -0.25) is 4.79 Å². The number of amides is 1. The van der Waals surface area contributed by atoms with Crippen molar-refractivity contribution in [2.45, 2.75) is 13.3 Å². The van der Waals surface area contributed by atoms with Gasteiger partial charge in [-0.05, 0) is 31.5 Å². The smallest absolute Gasteiger partial charge is 0.251 e. The van der Waals surface area contributed by atoms with Crippen molar-refractivity contribution >= 4 is 11.7 Å². The van der Waals surface area contributed by atoms with Gasteiger partial charge in [-0.2, -0.15) is 0 Å². The molecule has 1 atom stereocenters. The van der Waals surface area contributed by atoms with E-state index in [1.165, 1.54) is 0 Å². The minimum absolute atomic E-state index is 0.0772. The van der Waals surface area contributed by atoms with Crippen molar-refractivity contribution in [2.24, 2.45) is 5.92 Å². The summed E-state index contributed by atoms with van der Waals surface area (Å²) in [6.07, 6.45) is 2.72. The molecule has 1 aromatic carbocycles. The van der Waals surface area contributed by atoms with Crippen molar-refractivity contribution < 1.29 is 9.53 Å². The fraction of sp³-hybridized carbons (Fsp3) is 0.389. The predicted molar refractivity (Wildman–Crippen MR) is 92.9 cm³/mol. The second-order valence-corrected chi connectivity index (χ2v) is 5.82. The molecule has 2 heterocycles. The van der Waals surface area contributed by atoms with Gasteiger partial charge >= 0.3 is 0 Å². The molecule has 1 aromatic heterocycles. The summed E-state index contributed by atoms with van der Waals surface area (Å²) >= 11 is 0. The first-order valence-electron chi connectivity index (χ1n) is 8.29. The lowest BCUT2D eigenvalue weighted by molar-refractivity contribution is 0.0945. The van der Waals surface area contributed by atoms with E-state index in [4.69, 9.17) is 4.74 Å². The van der Waals surface area contributed by atoms with Crippen LogP contribution in [0.4, 0.5) is 5.82 Å². The fourth-order valence-electron chi connectivity index (χ4n) is 2.66. The number of carbonyl (C=O) groups excluding carboxylic acids is 1. The number of rotatable bonds is 6. The summed E-state index contributed by atoms with van der Waals surface area (Å²) in [6.45, 7) is 4.97. The number of benzene rings is 1. The second-order valence-electron chi connectivity index (χ2n) is 5.82. The van der Waals surface area contributed by atoms with Crippen LogP contribution in [0, 0.1) is 5.92 Å². The predicted octanol–water partition coefficient (Wildman–Crippen LogP) is 2.34. The molecule has 24 heavy (non-hydrogen) atoms. The molecular weight excluding hydrogens is 304 g/mol. The Labute approximate surface area is 141 Å². The lowest BCUT2D eigenvalue weighted by Crippen LogP contribution is -2.29. The van der Waals surface area contributed by atoms with Crippen molar-refractivity contribution in [3.63, 3.8) is 0 Å². The van der Waals surface area contributed by atoms with E-state index in [2.05, 4.69) is 20.6 Å². The highest BCUT2D eigenvalue weighted by atomic mass is 16.5. The highest BCUT2D eigenvalue weighted by Crippen LogP contribution is 2.18. The molecule has 2 aromatic rings. The molecule has 6 nitrogen and oxygen atoms in total. The van der Waals surface area contributed by atoms with Crippen LogP contribution in [-0.2, 0) is 4.74 Å². The van der Waals surface area contributed by atoms with E-state index >= 15 is 0 Å². The zero-order valence-corrected chi connectivity index (χ0v) is 13.8. The average Bonchev–Trinajstić information content (AvgIpc) is 3.14. The third kappa shape index (κ3) is 4.08. The van der Waals surface area contributed by atoms with Gasteiger partial charge in [0.15, 0.2) is 5.82 Å². The van der Waals surface area contributed by atoms with Crippen LogP contribution in [0.5, 0.6) is 0 Å². The third-order valence-corrected chi connectivity index (χ3v) is 3.97. The number of nitrogens with zero attached hydrogens (tertiary/aromatic N) is 2. The van der Waals surface area contributed by atoms with Gasteiger partial charge in [-0.25, -0.2) is 9.97 Å². The topological polar surface area (TPSA) is 76.1 Å². The maximum Gasteiger partial charge on any atom is 0.251 e. The number of nitrogens with one attached hydrogen (secondary N) is 2. The standard InChI is InChI=1S/C18H22N4O2/c1-2-19-16-6-8-20-17(22-16)14-4-3-5-15(10-14)18(23)21-11-13-7-9-24-12-13/h3-6,8,10,13H,2,7,9,11-12H2,1H3,(H,21,23)(H,19,20,22). The first-order valence-corrected chi connectivity index (χ1v) is 8.29. The summed E-state index contributed by atoms with van der Waals surface area (Å²) in [5.74, 6) is 1.72. The first kappa shape index (κ1) is 16.4. The Kier molecular flexibility index (Phi) is 5.38. The molecule has 0 radical (unpaired) electrons. The highest BCUT2D eigenvalue weighted by molar-refractivity contribution is 5.95. The molecular formula is C18H22N4O2. The van der Waals surface area contributed by atoms with Crippen LogP contribution in [0.1, 0.15) is 23.7 Å². The maximum atomic E-state index is 12.3. The van der Waals surface area contributed by atoms with E-state index in [-0.39, 0.29) is 5.91 Å². The number of anilines is 1. The van der Waals surface area contributed by atoms with E-state index in [0.717, 1.165) is 37.6 Å². The number of ether oxygens (including phenoxy) is 1. The van der Waals surface area contributed by atoms with E-state index in [1.54, 1.807) is 12.3 Å². The van der Waals surface area contributed by atoms with Crippen LogP contribution in [0.25, 0.3) is 11.4 Å². The summed E-state index contributed by atoms with van der Waals surface area (Å²) in [5.41, 5.74) is 1.44. The Morgan fingerprint density at radius 3 is 3.08 bits per heavy atom. The number of hydrogen-bond acceptors (Lipinski definition) is 5. The van der Waals surface area contributed by atoms with Gasteiger partial charge in [-0.1, -0.05) is 12.1 Å². The van der Waals surface area contributed by atoms with Gasteiger partial charge in [0.05, 0.1) is 6.61 Å². The van der Waals surface area contributed by atoms with Crippen LogP contribution < -0.4 is 10.6 Å². The molecule has 6 heteroatoms. The molecule has 0 bridgehead atoms. The van der Waals surface area contributed by atoms with Gasteiger partial charge < -0.3 is 15.4 Å². The van der Waals surface area contributed by atoms with E-state index in [9.17, 15) is 4.79 Å². The molecule has 1 amide bonds. The monoisotopic (exact) mass is 326 g/mol. The molecule has 0 aliphatic carbocycles. The third-order valence-electron chi connectivity index (χ3n) is 3.97. The Morgan fingerprint density at radius 1 is 1.38 bits per heavy atom. The number of hydrogen-bond donors (Lipinski definition) is 2. The molecule has 126 valence electrons. The molecule has 1 unspecified atom stereocenters. The van der Waals surface area contributed by atoms with Crippen LogP contribution in [0.2, 0.25) is 0 Å². The molecule has 0 saturated carbocycles. The van der Waals surface area contributed by atoms with Crippen molar-refractivity contribution in [3.05, 3.63) is 42.1 Å². The molecule has 1 fully saturated rings. The van der Waals surface area contributed by atoms with Crippen LogP contribution in [0.15, 0.2) is 36.5 Å². The SMILES string of the molecule is CCNc1ccnc(-c2cccc(C(=O)NCC3CCOC3)c2)n1. The van der Waals surface area contributed by atoms with Crippen LogP contribution >= 0.6 is 0 Å². The quantitative estimate of drug-likeness (QED) is 0.852.